The molecule has 0 atom stereocenters. The monoisotopic (exact) mass is 397 g/mol. The van der Waals surface area contributed by atoms with E-state index in [4.69, 9.17) is 4.74 Å². The van der Waals surface area contributed by atoms with Crippen LogP contribution in [0.25, 0.3) is 0 Å². The number of hydrogen-bond donors (Lipinski definition) is 2. The highest BCUT2D eigenvalue weighted by Gasteiger charge is 2.45. The lowest BCUT2D eigenvalue weighted by atomic mass is 9.86. The van der Waals surface area contributed by atoms with Gasteiger partial charge < -0.3 is 14.7 Å². The van der Waals surface area contributed by atoms with Crippen molar-refractivity contribution < 1.29 is 14.6 Å². The summed E-state index contributed by atoms with van der Waals surface area (Å²) in [6, 6.07) is 7.23. The maximum Gasteiger partial charge on any atom is 0.323 e. The molecule has 0 saturated carbocycles. The van der Waals surface area contributed by atoms with Gasteiger partial charge in [-0.25, -0.2) is 9.78 Å². The standard InChI is InChI=1S/C15H16BrN3O3S/c1-22-7-12-6-17-13(23-12)18-14(20)19-8-15(21,9-19)10-3-2-4-11(16)5-10/h2-6,21H,7-9H2,1H3,(H,17,18,20). The SMILES string of the molecule is COCc1cnc(NC(=O)N2CC(O)(c3cccc(Br)c3)C2)s1. The molecule has 1 aliphatic heterocycles. The molecule has 1 fully saturated rings. The predicted octanol–water partition coefficient (Wildman–Crippen LogP) is 2.79. The van der Waals surface area contributed by atoms with Crippen LogP contribution < -0.4 is 5.32 Å². The van der Waals surface area contributed by atoms with Crippen LogP contribution in [0.1, 0.15) is 10.4 Å². The van der Waals surface area contributed by atoms with Gasteiger partial charge >= 0.3 is 6.03 Å². The summed E-state index contributed by atoms with van der Waals surface area (Å²) in [5.74, 6) is 0. The zero-order valence-electron chi connectivity index (χ0n) is 12.5. The number of carbonyl (C=O) groups is 1. The molecule has 1 aromatic carbocycles. The molecule has 6 nitrogen and oxygen atoms in total. The smallest absolute Gasteiger partial charge is 0.323 e. The number of amides is 2. The molecule has 8 heteroatoms. The largest absolute Gasteiger partial charge is 0.381 e. The van der Waals surface area contributed by atoms with E-state index in [1.165, 1.54) is 11.3 Å². The van der Waals surface area contributed by atoms with Crippen molar-refractivity contribution in [3.63, 3.8) is 0 Å². The molecule has 122 valence electrons. The van der Waals surface area contributed by atoms with Crippen LogP contribution in [0.15, 0.2) is 34.9 Å². The third-order valence-electron chi connectivity index (χ3n) is 3.61. The highest BCUT2D eigenvalue weighted by molar-refractivity contribution is 9.10. The molecule has 23 heavy (non-hydrogen) atoms. The number of ether oxygens (including phenoxy) is 1. The summed E-state index contributed by atoms with van der Waals surface area (Å²) in [6.07, 6.45) is 1.68. The van der Waals surface area contributed by atoms with Crippen molar-refractivity contribution >= 4 is 38.4 Å². The Kier molecular flexibility index (Phi) is 4.67. The molecular weight excluding hydrogens is 382 g/mol. The second-order valence-corrected chi connectivity index (χ2v) is 7.42. The molecular formula is C15H16BrN3O3S. The van der Waals surface area contributed by atoms with Gasteiger partial charge in [0.25, 0.3) is 0 Å². The molecule has 1 aromatic heterocycles. The van der Waals surface area contributed by atoms with Crippen molar-refractivity contribution in [3.8, 4) is 0 Å². The maximum atomic E-state index is 12.2. The van der Waals surface area contributed by atoms with Gasteiger partial charge in [0.1, 0.15) is 5.60 Å². The normalized spacial score (nSPS) is 16.0. The fraction of sp³-hybridized carbons (Fsp3) is 0.333. The number of methoxy groups -OCH3 is 1. The quantitative estimate of drug-likeness (QED) is 0.831. The predicted molar refractivity (Wildman–Crippen MR) is 91.5 cm³/mol. The highest BCUT2D eigenvalue weighted by Crippen LogP contribution is 2.33. The average Bonchev–Trinajstić information content (AvgIpc) is 2.91. The fourth-order valence-electron chi connectivity index (χ4n) is 2.43. The van der Waals surface area contributed by atoms with E-state index in [1.54, 1.807) is 18.2 Å². The van der Waals surface area contributed by atoms with Crippen LogP contribution in [-0.4, -0.2) is 41.2 Å². The van der Waals surface area contributed by atoms with Crippen LogP contribution in [0.5, 0.6) is 0 Å². The third-order valence-corrected chi connectivity index (χ3v) is 4.99. The molecule has 0 aliphatic carbocycles. The van der Waals surface area contributed by atoms with Crippen LogP contribution in [-0.2, 0) is 16.9 Å². The number of rotatable bonds is 4. The molecule has 2 aromatic rings. The zero-order chi connectivity index (χ0) is 16.4. The molecule has 2 heterocycles. The number of anilines is 1. The van der Waals surface area contributed by atoms with E-state index in [1.807, 2.05) is 24.3 Å². The van der Waals surface area contributed by atoms with Gasteiger partial charge in [0, 0.05) is 17.8 Å². The topological polar surface area (TPSA) is 74.7 Å². The van der Waals surface area contributed by atoms with Crippen molar-refractivity contribution in [1.29, 1.82) is 0 Å². The lowest BCUT2D eigenvalue weighted by Crippen LogP contribution is -2.62. The van der Waals surface area contributed by atoms with Gasteiger partial charge in [-0.15, -0.1) is 0 Å². The van der Waals surface area contributed by atoms with Gasteiger partial charge in [0.2, 0.25) is 0 Å². The number of nitrogens with one attached hydrogen (secondary N) is 1. The van der Waals surface area contributed by atoms with Crippen LogP contribution in [0.4, 0.5) is 9.93 Å². The average molecular weight is 398 g/mol. The van der Waals surface area contributed by atoms with Gasteiger partial charge in [-0.2, -0.15) is 0 Å². The highest BCUT2D eigenvalue weighted by atomic mass is 79.9. The summed E-state index contributed by atoms with van der Waals surface area (Å²) in [4.78, 5) is 18.8. The first-order chi connectivity index (χ1) is 11.0. The van der Waals surface area contributed by atoms with E-state index < -0.39 is 5.60 Å². The van der Waals surface area contributed by atoms with Crippen LogP contribution >= 0.6 is 27.3 Å². The number of aliphatic hydroxyl groups is 1. The Bertz CT molecular complexity index is 715. The number of thiazole rings is 1. The van der Waals surface area contributed by atoms with E-state index in [2.05, 4.69) is 26.2 Å². The van der Waals surface area contributed by atoms with Gasteiger partial charge in [-0.3, -0.25) is 5.32 Å². The van der Waals surface area contributed by atoms with E-state index >= 15 is 0 Å². The van der Waals surface area contributed by atoms with E-state index in [9.17, 15) is 9.90 Å². The number of aromatic nitrogens is 1. The summed E-state index contributed by atoms with van der Waals surface area (Å²) < 4.78 is 5.92. The van der Waals surface area contributed by atoms with Gasteiger partial charge in [0.15, 0.2) is 5.13 Å². The number of hydrogen-bond acceptors (Lipinski definition) is 5. The Balaban J connectivity index is 1.58. The summed E-state index contributed by atoms with van der Waals surface area (Å²) in [5, 5.41) is 13.9. The molecule has 1 aliphatic rings. The third kappa shape index (κ3) is 3.55. The molecule has 2 N–H and O–H groups in total. The van der Waals surface area contributed by atoms with Crippen molar-refractivity contribution in [2.24, 2.45) is 0 Å². The lowest BCUT2D eigenvalue weighted by Gasteiger charge is -2.46. The first kappa shape index (κ1) is 16.4. The number of nitrogens with zero attached hydrogens (tertiary/aromatic N) is 2. The van der Waals surface area contributed by atoms with E-state index in [-0.39, 0.29) is 19.1 Å². The Morgan fingerprint density at radius 1 is 1.57 bits per heavy atom. The van der Waals surface area contributed by atoms with Crippen LogP contribution in [0.2, 0.25) is 0 Å². The lowest BCUT2D eigenvalue weighted by molar-refractivity contribution is -0.0793. The zero-order valence-corrected chi connectivity index (χ0v) is 14.9. The minimum atomic E-state index is -0.995. The molecule has 0 unspecified atom stereocenters. The first-order valence-corrected chi connectivity index (χ1v) is 8.59. The second kappa shape index (κ2) is 6.56. The van der Waals surface area contributed by atoms with Gasteiger partial charge in [0.05, 0.1) is 24.6 Å². The second-order valence-electron chi connectivity index (χ2n) is 5.39. The minimum absolute atomic E-state index is 0.256. The number of urea groups is 1. The molecule has 1 saturated heterocycles. The van der Waals surface area contributed by atoms with Crippen LogP contribution in [0.3, 0.4) is 0 Å². The summed E-state index contributed by atoms with van der Waals surface area (Å²) in [5.41, 5.74) is -0.196. The molecule has 0 spiro atoms. The maximum absolute atomic E-state index is 12.2. The molecule has 0 radical (unpaired) electrons. The van der Waals surface area contributed by atoms with Crippen molar-refractivity contribution in [2.75, 3.05) is 25.5 Å². The van der Waals surface area contributed by atoms with E-state index in [0.29, 0.717) is 11.7 Å². The van der Waals surface area contributed by atoms with Gasteiger partial charge in [-0.1, -0.05) is 39.4 Å². The minimum Gasteiger partial charge on any atom is -0.381 e. The van der Waals surface area contributed by atoms with Crippen molar-refractivity contribution in [3.05, 3.63) is 45.4 Å². The Labute approximate surface area is 146 Å². The Hall–Kier alpha value is -1.48. The summed E-state index contributed by atoms with van der Waals surface area (Å²) in [6.45, 7) is 0.983. The first-order valence-electron chi connectivity index (χ1n) is 6.98. The van der Waals surface area contributed by atoms with Crippen molar-refractivity contribution in [2.45, 2.75) is 12.2 Å². The van der Waals surface area contributed by atoms with E-state index in [0.717, 1.165) is 14.9 Å². The number of benzene rings is 1. The van der Waals surface area contributed by atoms with Crippen molar-refractivity contribution in [1.82, 2.24) is 9.88 Å². The van der Waals surface area contributed by atoms with Crippen LogP contribution in [0, 0.1) is 0 Å². The number of halogens is 1. The summed E-state index contributed by atoms with van der Waals surface area (Å²) >= 11 is 4.76. The number of carbonyl (C=O) groups excluding carboxylic acids is 1. The van der Waals surface area contributed by atoms with Gasteiger partial charge in [-0.05, 0) is 17.7 Å². The number of likely N-dealkylation sites (tertiary alicyclic amines) is 1. The fourth-order valence-corrected chi connectivity index (χ4v) is 3.61. The Morgan fingerprint density at radius 2 is 2.35 bits per heavy atom. The Morgan fingerprint density at radius 3 is 3.04 bits per heavy atom. The number of β-amino-alcohol motifs (C(OH)–C–C–N with tert-alkyl or cyclic N) is 1. The molecule has 3 rings (SSSR count). The molecule has 0 bridgehead atoms. The summed E-state index contributed by atoms with van der Waals surface area (Å²) in [7, 11) is 1.61. The molecule has 2 amide bonds.